The minimum Gasteiger partial charge on any atom is -0.304 e. The van der Waals surface area contributed by atoms with Gasteiger partial charge in [0.2, 0.25) is 0 Å². The summed E-state index contributed by atoms with van der Waals surface area (Å²) in [4.78, 5) is 0. The highest BCUT2D eigenvalue weighted by Crippen LogP contribution is 2.27. The van der Waals surface area contributed by atoms with Gasteiger partial charge < -0.3 is 5.32 Å². The van der Waals surface area contributed by atoms with E-state index in [1.807, 2.05) is 6.07 Å². The Hall–Kier alpha value is -1.26. The van der Waals surface area contributed by atoms with Crippen LogP contribution in [0.15, 0.2) is 30.3 Å². The summed E-state index contributed by atoms with van der Waals surface area (Å²) in [6, 6.07) is 10.6. The summed E-state index contributed by atoms with van der Waals surface area (Å²) in [7, 11) is 0. The third kappa shape index (κ3) is 2.94. The van der Waals surface area contributed by atoms with Crippen molar-refractivity contribution in [2.75, 3.05) is 6.54 Å². The van der Waals surface area contributed by atoms with E-state index < -0.39 is 0 Å². The van der Waals surface area contributed by atoms with E-state index in [2.05, 4.69) is 60.6 Å². The lowest BCUT2D eigenvalue weighted by atomic mass is 10.1. The lowest BCUT2D eigenvalue weighted by Crippen LogP contribution is -2.21. The Morgan fingerprint density at radius 1 is 1.11 bits per heavy atom. The Morgan fingerprint density at radius 3 is 2.33 bits per heavy atom. The van der Waals surface area contributed by atoms with Crippen LogP contribution in [0.2, 0.25) is 0 Å². The second-order valence-electron chi connectivity index (χ2n) is 4.53. The maximum Gasteiger partial charge on any atom is 0.139 e. The van der Waals surface area contributed by atoms with Gasteiger partial charge in [-0.1, -0.05) is 62.4 Å². The first-order valence-electron chi connectivity index (χ1n) is 6.34. The van der Waals surface area contributed by atoms with Gasteiger partial charge in [0, 0.05) is 5.92 Å². The normalized spacial score (nSPS) is 12.9. The van der Waals surface area contributed by atoms with Gasteiger partial charge in [-0.3, -0.25) is 0 Å². The second-order valence-corrected chi connectivity index (χ2v) is 5.58. The summed E-state index contributed by atoms with van der Waals surface area (Å²) in [5.74, 6) is 0.439. The zero-order valence-corrected chi connectivity index (χ0v) is 11.9. The highest BCUT2D eigenvalue weighted by molar-refractivity contribution is 7.11. The lowest BCUT2D eigenvalue weighted by molar-refractivity contribution is 0.620. The molecule has 96 valence electrons. The van der Waals surface area contributed by atoms with Crippen molar-refractivity contribution in [2.24, 2.45) is 0 Å². The fourth-order valence-corrected chi connectivity index (χ4v) is 2.74. The molecule has 2 aromatic rings. The van der Waals surface area contributed by atoms with Gasteiger partial charge in [0.05, 0.1) is 6.04 Å². The molecule has 0 saturated carbocycles. The lowest BCUT2D eigenvalue weighted by Gasteiger charge is -2.14. The standard InChI is InChI=1S/C14H19N3S/c1-4-15-12(11-8-6-5-7-9-11)14-17-16-13(18-14)10(2)3/h5-10,12,15H,4H2,1-3H3. The van der Waals surface area contributed by atoms with Crippen LogP contribution in [-0.2, 0) is 0 Å². The number of hydrogen-bond acceptors (Lipinski definition) is 4. The van der Waals surface area contributed by atoms with Crippen LogP contribution in [0.1, 0.15) is 48.3 Å². The van der Waals surface area contributed by atoms with E-state index in [1.54, 1.807) is 11.3 Å². The molecule has 0 amide bonds. The summed E-state index contributed by atoms with van der Waals surface area (Å²) in [5, 5.41) is 14.2. The number of nitrogens with one attached hydrogen (secondary N) is 1. The molecule has 2 rings (SSSR count). The monoisotopic (exact) mass is 261 g/mol. The van der Waals surface area contributed by atoms with Crippen molar-refractivity contribution in [3.8, 4) is 0 Å². The van der Waals surface area contributed by atoms with Crippen molar-refractivity contribution >= 4 is 11.3 Å². The number of nitrogens with zero attached hydrogens (tertiary/aromatic N) is 2. The molecule has 0 aliphatic carbocycles. The third-order valence-electron chi connectivity index (χ3n) is 2.74. The molecule has 1 aromatic carbocycles. The molecule has 0 spiro atoms. The summed E-state index contributed by atoms with van der Waals surface area (Å²) in [6.07, 6.45) is 0. The Bertz CT molecular complexity index is 479. The SMILES string of the molecule is CCNC(c1ccccc1)c1nnc(C(C)C)s1. The van der Waals surface area contributed by atoms with Gasteiger partial charge in [0.25, 0.3) is 0 Å². The molecule has 0 saturated heterocycles. The smallest absolute Gasteiger partial charge is 0.139 e. The van der Waals surface area contributed by atoms with Gasteiger partial charge in [-0.05, 0) is 12.1 Å². The first-order chi connectivity index (χ1) is 8.72. The molecule has 0 fully saturated rings. The Kier molecular flexibility index (Phi) is 4.44. The van der Waals surface area contributed by atoms with E-state index in [9.17, 15) is 0 Å². The number of aromatic nitrogens is 2. The Morgan fingerprint density at radius 2 is 1.78 bits per heavy atom. The third-order valence-corrected chi connectivity index (χ3v) is 4.03. The van der Waals surface area contributed by atoms with Gasteiger partial charge in [0.1, 0.15) is 10.0 Å². The minimum absolute atomic E-state index is 0.154. The molecule has 0 aliphatic rings. The molecule has 1 aromatic heterocycles. The van der Waals surface area contributed by atoms with E-state index >= 15 is 0 Å². The van der Waals surface area contributed by atoms with E-state index in [4.69, 9.17) is 0 Å². The van der Waals surface area contributed by atoms with Gasteiger partial charge in [-0.2, -0.15) is 0 Å². The van der Waals surface area contributed by atoms with Crippen LogP contribution in [0.5, 0.6) is 0 Å². The van der Waals surface area contributed by atoms with Crippen LogP contribution >= 0.6 is 11.3 Å². The van der Waals surface area contributed by atoms with Crippen LogP contribution in [0.25, 0.3) is 0 Å². The maximum atomic E-state index is 4.34. The van der Waals surface area contributed by atoms with Crippen LogP contribution in [0.4, 0.5) is 0 Å². The van der Waals surface area contributed by atoms with Crippen molar-refractivity contribution in [2.45, 2.75) is 32.7 Å². The van der Waals surface area contributed by atoms with Crippen molar-refractivity contribution in [3.05, 3.63) is 45.9 Å². The van der Waals surface area contributed by atoms with Gasteiger partial charge in [-0.15, -0.1) is 10.2 Å². The predicted molar refractivity (Wildman–Crippen MR) is 76.0 cm³/mol. The van der Waals surface area contributed by atoms with Crippen LogP contribution < -0.4 is 5.32 Å². The highest BCUT2D eigenvalue weighted by Gasteiger charge is 2.18. The number of benzene rings is 1. The molecular formula is C14H19N3S. The molecule has 0 aliphatic heterocycles. The maximum absolute atomic E-state index is 4.34. The fourth-order valence-electron chi connectivity index (χ4n) is 1.79. The molecule has 1 heterocycles. The van der Waals surface area contributed by atoms with Gasteiger partial charge >= 0.3 is 0 Å². The summed E-state index contributed by atoms with van der Waals surface area (Å²) < 4.78 is 0. The average molecular weight is 261 g/mol. The molecule has 3 nitrogen and oxygen atoms in total. The average Bonchev–Trinajstić information content (AvgIpc) is 2.86. The van der Waals surface area contributed by atoms with E-state index in [0.29, 0.717) is 5.92 Å². The first kappa shape index (κ1) is 13.2. The Labute approximate surface area is 112 Å². The quantitative estimate of drug-likeness (QED) is 0.897. The van der Waals surface area contributed by atoms with Crippen LogP contribution in [0, 0.1) is 0 Å². The van der Waals surface area contributed by atoms with E-state index in [0.717, 1.165) is 16.6 Å². The molecule has 1 unspecified atom stereocenters. The molecule has 1 N–H and O–H groups in total. The molecule has 1 atom stereocenters. The van der Waals surface area contributed by atoms with E-state index in [-0.39, 0.29) is 6.04 Å². The molecule has 18 heavy (non-hydrogen) atoms. The predicted octanol–water partition coefficient (Wildman–Crippen LogP) is 3.36. The molecule has 0 bridgehead atoms. The zero-order valence-electron chi connectivity index (χ0n) is 11.1. The van der Waals surface area contributed by atoms with Gasteiger partial charge in [0.15, 0.2) is 0 Å². The number of hydrogen-bond donors (Lipinski definition) is 1. The largest absolute Gasteiger partial charge is 0.304 e. The summed E-state index contributed by atoms with van der Waals surface area (Å²) >= 11 is 1.70. The zero-order chi connectivity index (χ0) is 13.0. The van der Waals surface area contributed by atoms with Crippen LogP contribution in [0.3, 0.4) is 0 Å². The fraction of sp³-hybridized carbons (Fsp3) is 0.429. The first-order valence-corrected chi connectivity index (χ1v) is 7.15. The number of rotatable bonds is 5. The molecule has 4 heteroatoms. The van der Waals surface area contributed by atoms with Crippen molar-refractivity contribution in [3.63, 3.8) is 0 Å². The molecular weight excluding hydrogens is 242 g/mol. The topological polar surface area (TPSA) is 37.8 Å². The van der Waals surface area contributed by atoms with Gasteiger partial charge in [-0.25, -0.2) is 0 Å². The minimum atomic E-state index is 0.154. The summed E-state index contributed by atoms with van der Waals surface area (Å²) in [5.41, 5.74) is 1.24. The second kappa shape index (κ2) is 6.07. The van der Waals surface area contributed by atoms with Crippen molar-refractivity contribution in [1.29, 1.82) is 0 Å². The molecule has 0 radical (unpaired) electrons. The highest BCUT2D eigenvalue weighted by atomic mass is 32.1. The summed E-state index contributed by atoms with van der Waals surface area (Å²) in [6.45, 7) is 7.32. The van der Waals surface area contributed by atoms with Crippen molar-refractivity contribution in [1.82, 2.24) is 15.5 Å². The van der Waals surface area contributed by atoms with Crippen molar-refractivity contribution < 1.29 is 0 Å². The van der Waals surface area contributed by atoms with E-state index in [1.165, 1.54) is 5.56 Å². The Balaban J connectivity index is 2.29. The van der Waals surface area contributed by atoms with Crippen LogP contribution in [-0.4, -0.2) is 16.7 Å².